The van der Waals surface area contributed by atoms with Crippen molar-refractivity contribution in [1.29, 1.82) is 0 Å². The number of nitrogens with zero attached hydrogens (tertiary/aromatic N) is 2. The monoisotopic (exact) mass is 332 g/mol. The Bertz CT molecular complexity index is 712. The molecule has 0 saturated carbocycles. The molecule has 1 fully saturated rings. The quantitative estimate of drug-likeness (QED) is 0.798. The lowest BCUT2D eigenvalue weighted by Gasteiger charge is -2.36. The van der Waals surface area contributed by atoms with Crippen LogP contribution in [-0.4, -0.2) is 21.8 Å². The molecule has 3 rings (SSSR count). The average molecular weight is 333 g/mol. The Morgan fingerprint density at radius 1 is 1.35 bits per heavy atom. The predicted octanol–water partition coefficient (Wildman–Crippen LogP) is 4.83. The molecule has 4 heteroatoms. The van der Waals surface area contributed by atoms with Crippen LogP contribution < -0.4 is 0 Å². The van der Waals surface area contributed by atoms with Crippen molar-refractivity contribution in [3.63, 3.8) is 0 Å². The van der Waals surface area contributed by atoms with Gasteiger partial charge in [-0.25, -0.2) is 4.98 Å². The molecule has 1 aromatic heterocycles. The van der Waals surface area contributed by atoms with Crippen molar-refractivity contribution in [3.05, 3.63) is 24.0 Å². The molecule has 1 aliphatic heterocycles. The number of hydrogen-bond acceptors (Lipinski definition) is 3. The highest BCUT2D eigenvalue weighted by Crippen LogP contribution is 2.33. The zero-order valence-electron chi connectivity index (χ0n) is 14.9. The van der Waals surface area contributed by atoms with Crippen molar-refractivity contribution in [3.8, 4) is 0 Å². The Morgan fingerprint density at radius 3 is 2.74 bits per heavy atom. The van der Waals surface area contributed by atoms with Gasteiger partial charge in [-0.05, 0) is 50.8 Å². The molecule has 0 N–H and O–H groups in total. The Morgan fingerprint density at radius 2 is 2.09 bits per heavy atom. The summed E-state index contributed by atoms with van der Waals surface area (Å²) in [5, 5.41) is 0. The van der Waals surface area contributed by atoms with Crippen molar-refractivity contribution < 1.29 is 4.74 Å². The molecular weight excluding hydrogens is 304 g/mol. The molecular formula is C19H28N2OS. The summed E-state index contributed by atoms with van der Waals surface area (Å²) in [6.45, 7) is 13.0. The summed E-state index contributed by atoms with van der Waals surface area (Å²) < 4.78 is 8.31. The molecule has 1 atom stereocenters. The summed E-state index contributed by atoms with van der Waals surface area (Å²) in [4.78, 5) is 5.90. The minimum Gasteiger partial charge on any atom is -0.376 e. The van der Waals surface area contributed by atoms with Crippen LogP contribution in [0.25, 0.3) is 11.0 Å². The maximum Gasteiger partial charge on any atom is 0.115 e. The highest BCUT2D eigenvalue weighted by atomic mass is 32.1. The van der Waals surface area contributed by atoms with E-state index in [1.807, 2.05) is 0 Å². The molecule has 23 heavy (non-hydrogen) atoms. The first-order valence-corrected chi connectivity index (χ1v) is 8.94. The Labute approximate surface area is 144 Å². The van der Waals surface area contributed by atoms with Crippen molar-refractivity contribution in [1.82, 2.24) is 9.55 Å². The largest absolute Gasteiger partial charge is 0.376 e. The number of benzene rings is 1. The zero-order chi connectivity index (χ0) is 16.8. The highest BCUT2D eigenvalue weighted by molar-refractivity contribution is 7.80. The van der Waals surface area contributed by atoms with Gasteiger partial charge in [-0.1, -0.05) is 20.8 Å². The molecule has 1 aromatic carbocycles. The molecule has 1 aliphatic rings. The van der Waals surface area contributed by atoms with Gasteiger partial charge in [-0.3, -0.25) is 0 Å². The Hall–Kier alpha value is -1.00. The molecule has 0 spiro atoms. The second-order valence-electron chi connectivity index (χ2n) is 8.44. The van der Waals surface area contributed by atoms with E-state index in [1.54, 1.807) is 0 Å². The number of ether oxygens (including phenoxy) is 1. The number of fused-ring (bicyclic) bond motifs is 1. The van der Waals surface area contributed by atoms with E-state index in [0.29, 0.717) is 5.92 Å². The molecule has 0 aliphatic carbocycles. The number of hydrogen-bond donors (Lipinski definition) is 1. The maximum absolute atomic E-state index is 5.88. The minimum absolute atomic E-state index is 0.0144. The van der Waals surface area contributed by atoms with Gasteiger partial charge in [0.1, 0.15) is 5.82 Å². The number of aromatic nitrogens is 2. The van der Waals surface area contributed by atoms with Gasteiger partial charge < -0.3 is 9.30 Å². The molecule has 126 valence electrons. The second kappa shape index (κ2) is 5.82. The van der Waals surface area contributed by atoms with Crippen LogP contribution in [0.3, 0.4) is 0 Å². The third kappa shape index (κ3) is 3.58. The standard InChI is InChI=1S/C19H28N2OS/c1-18(2,3)17-20-15-10-14(23)6-7-16(15)21(17)12-13-8-9-22-19(4,5)11-13/h6-7,10,13,23H,8-9,11-12H2,1-5H3. The van der Waals surface area contributed by atoms with E-state index in [9.17, 15) is 0 Å². The molecule has 2 heterocycles. The van der Waals surface area contributed by atoms with Crippen molar-refractivity contribution >= 4 is 23.7 Å². The first kappa shape index (κ1) is 16.8. The van der Waals surface area contributed by atoms with Gasteiger partial charge in [0.05, 0.1) is 16.6 Å². The zero-order valence-corrected chi connectivity index (χ0v) is 15.8. The third-order valence-corrected chi connectivity index (χ3v) is 4.92. The number of imidazole rings is 1. The number of rotatable bonds is 2. The summed E-state index contributed by atoms with van der Waals surface area (Å²) in [7, 11) is 0. The molecule has 0 radical (unpaired) electrons. The summed E-state index contributed by atoms with van der Waals surface area (Å²) in [6.07, 6.45) is 2.22. The summed E-state index contributed by atoms with van der Waals surface area (Å²) in [5.41, 5.74) is 2.28. The van der Waals surface area contributed by atoms with Gasteiger partial charge in [-0.2, -0.15) is 0 Å². The third-order valence-electron chi connectivity index (χ3n) is 4.64. The van der Waals surface area contributed by atoms with Gasteiger partial charge in [0.25, 0.3) is 0 Å². The van der Waals surface area contributed by atoms with Crippen LogP contribution >= 0.6 is 12.6 Å². The lowest BCUT2D eigenvalue weighted by molar-refractivity contribution is -0.0748. The molecule has 0 amide bonds. The molecule has 0 bridgehead atoms. The van der Waals surface area contributed by atoms with Crippen molar-refractivity contribution in [2.24, 2.45) is 5.92 Å². The van der Waals surface area contributed by atoms with Gasteiger partial charge in [0.2, 0.25) is 0 Å². The summed E-state index contributed by atoms with van der Waals surface area (Å²) >= 11 is 4.46. The normalized spacial score (nSPS) is 21.7. The van der Waals surface area contributed by atoms with E-state index >= 15 is 0 Å². The summed E-state index contributed by atoms with van der Waals surface area (Å²) in [5.74, 6) is 1.80. The lowest BCUT2D eigenvalue weighted by Crippen LogP contribution is -2.36. The molecule has 1 unspecified atom stereocenters. The van der Waals surface area contributed by atoms with Crippen LogP contribution in [0.4, 0.5) is 0 Å². The fourth-order valence-electron chi connectivity index (χ4n) is 3.65. The van der Waals surface area contributed by atoms with Crippen LogP contribution in [0.1, 0.15) is 53.3 Å². The van der Waals surface area contributed by atoms with Crippen molar-refractivity contribution in [2.45, 2.75) is 69.9 Å². The molecule has 2 aromatic rings. The predicted molar refractivity (Wildman–Crippen MR) is 98.4 cm³/mol. The van der Waals surface area contributed by atoms with Gasteiger partial charge in [0.15, 0.2) is 0 Å². The first-order valence-electron chi connectivity index (χ1n) is 8.49. The van der Waals surface area contributed by atoms with E-state index in [2.05, 4.69) is 70.0 Å². The van der Waals surface area contributed by atoms with E-state index in [4.69, 9.17) is 9.72 Å². The molecule has 3 nitrogen and oxygen atoms in total. The molecule has 1 saturated heterocycles. The fraction of sp³-hybridized carbons (Fsp3) is 0.632. The van der Waals surface area contributed by atoms with Gasteiger partial charge in [0, 0.05) is 23.5 Å². The van der Waals surface area contributed by atoms with E-state index in [1.165, 1.54) is 5.52 Å². The smallest absolute Gasteiger partial charge is 0.115 e. The SMILES string of the molecule is CC1(C)CC(Cn2c(C(C)(C)C)nc3cc(S)ccc32)CCO1. The Kier molecular flexibility index (Phi) is 4.26. The maximum atomic E-state index is 5.88. The van der Waals surface area contributed by atoms with Crippen LogP contribution in [0.5, 0.6) is 0 Å². The number of thiol groups is 1. The Balaban J connectivity index is 2.01. The topological polar surface area (TPSA) is 27.1 Å². The lowest BCUT2D eigenvalue weighted by atomic mass is 9.88. The second-order valence-corrected chi connectivity index (χ2v) is 8.95. The van der Waals surface area contributed by atoms with Crippen LogP contribution in [0.15, 0.2) is 23.1 Å². The fourth-order valence-corrected chi connectivity index (χ4v) is 3.84. The van der Waals surface area contributed by atoms with E-state index < -0.39 is 0 Å². The highest BCUT2D eigenvalue weighted by Gasteiger charge is 2.31. The van der Waals surface area contributed by atoms with Gasteiger partial charge in [-0.15, -0.1) is 12.6 Å². The minimum atomic E-state index is -0.0144. The van der Waals surface area contributed by atoms with Crippen LogP contribution in [0.2, 0.25) is 0 Å². The van der Waals surface area contributed by atoms with E-state index in [-0.39, 0.29) is 11.0 Å². The van der Waals surface area contributed by atoms with Crippen LogP contribution in [0, 0.1) is 5.92 Å². The van der Waals surface area contributed by atoms with Crippen molar-refractivity contribution in [2.75, 3.05) is 6.61 Å². The first-order chi connectivity index (χ1) is 10.7. The van der Waals surface area contributed by atoms with Gasteiger partial charge >= 0.3 is 0 Å². The van der Waals surface area contributed by atoms with Crippen LogP contribution in [-0.2, 0) is 16.7 Å². The summed E-state index contributed by atoms with van der Waals surface area (Å²) in [6, 6.07) is 6.28. The van der Waals surface area contributed by atoms with E-state index in [0.717, 1.165) is 42.2 Å². The average Bonchev–Trinajstić information content (AvgIpc) is 2.75.